The molecule has 2 aliphatic rings. The number of rotatable bonds is 3. The number of benzene rings is 1. The molecule has 1 aromatic rings. The van der Waals surface area contributed by atoms with E-state index in [1.165, 1.54) is 24.8 Å². The first-order chi connectivity index (χ1) is 9.67. The Labute approximate surface area is 122 Å². The summed E-state index contributed by atoms with van der Waals surface area (Å²) in [4.78, 5) is 4.87. The Balaban J connectivity index is 1.53. The zero-order valence-corrected chi connectivity index (χ0v) is 12.7. The predicted octanol–water partition coefficient (Wildman–Crippen LogP) is 2.37. The molecular weight excluding hydrogens is 248 g/mol. The van der Waals surface area contributed by atoms with E-state index in [4.69, 9.17) is 4.74 Å². The van der Waals surface area contributed by atoms with Gasteiger partial charge in [-0.3, -0.25) is 4.90 Å². The number of hydrogen-bond acceptors (Lipinski definition) is 3. The van der Waals surface area contributed by atoms with Crippen LogP contribution >= 0.6 is 0 Å². The van der Waals surface area contributed by atoms with Crippen LogP contribution in [0.2, 0.25) is 0 Å². The van der Waals surface area contributed by atoms with E-state index in [-0.39, 0.29) is 5.60 Å². The summed E-state index contributed by atoms with van der Waals surface area (Å²) in [6.07, 6.45) is 3.58. The smallest absolute Gasteiger partial charge is 0.0723 e. The Bertz CT molecular complexity index is 424. The van der Waals surface area contributed by atoms with Gasteiger partial charge in [0.2, 0.25) is 0 Å². The van der Waals surface area contributed by atoms with Crippen LogP contribution in [0.1, 0.15) is 24.8 Å². The van der Waals surface area contributed by atoms with E-state index in [2.05, 4.69) is 54.2 Å². The molecule has 1 unspecified atom stereocenters. The van der Waals surface area contributed by atoms with Crippen molar-refractivity contribution in [3.05, 3.63) is 35.9 Å². The maximum atomic E-state index is 6.19. The number of likely N-dealkylation sites (tertiary alicyclic amines) is 1. The van der Waals surface area contributed by atoms with Crippen molar-refractivity contribution >= 4 is 0 Å². The summed E-state index contributed by atoms with van der Waals surface area (Å²) < 4.78 is 6.19. The van der Waals surface area contributed by atoms with Crippen LogP contribution < -0.4 is 0 Å². The monoisotopic (exact) mass is 274 g/mol. The summed E-state index contributed by atoms with van der Waals surface area (Å²) in [7, 11) is 4.33. The van der Waals surface area contributed by atoms with Crippen LogP contribution in [0.3, 0.4) is 0 Å². The topological polar surface area (TPSA) is 15.7 Å². The van der Waals surface area contributed by atoms with E-state index in [0.717, 1.165) is 26.2 Å². The maximum Gasteiger partial charge on any atom is 0.0723 e. The van der Waals surface area contributed by atoms with Gasteiger partial charge in [0.05, 0.1) is 12.2 Å². The molecule has 3 rings (SSSR count). The summed E-state index contributed by atoms with van der Waals surface area (Å²) in [6, 6.07) is 11.4. The number of ether oxygens (including phenoxy) is 1. The van der Waals surface area contributed by atoms with E-state index in [9.17, 15) is 0 Å². The van der Waals surface area contributed by atoms with E-state index < -0.39 is 0 Å². The second kappa shape index (κ2) is 5.84. The van der Waals surface area contributed by atoms with Gasteiger partial charge in [0.1, 0.15) is 0 Å². The molecule has 0 aromatic heterocycles. The number of hydrogen-bond donors (Lipinski definition) is 0. The summed E-state index contributed by atoms with van der Waals surface area (Å²) >= 11 is 0. The first-order valence-corrected chi connectivity index (χ1v) is 7.74. The summed E-state index contributed by atoms with van der Waals surface area (Å²) in [5.41, 5.74) is 1.59. The van der Waals surface area contributed by atoms with Crippen LogP contribution in [0, 0.1) is 0 Å². The van der Waals surface area contributed by atoms with Crippen molar-refractivity contribution in [3.8, 4) is 0 Å². The van der Waals surface area contributed by atoms with Crippen LogP contribution in [0.4, 0.5) is 0 Å². The van der Waals surface area contributed by atoms with Crippen LogP contribution in [0.25, 0.3) is 0 Å². The fourth-order valence-corrected chi connectivity index (χ4v) is 3.46. The molecular formula is C17H26N2O. The van der Waals surface area contributed by atoms with Gasteiger partial charge in [-0.05, 0) is 38.9 Å². The Hall–Kier alpha value is -0.900. The molecule has 20 heavy (non-hydrogen) atoms. The molecule has 0 saturated carbocycles. The molecule has 1 spiro atoms. The summed E-state index contributed by atoms with van der Waals surface area (Å²) in [6.45, 7) is 4.31. The minimum absolute atomic E-state index is 0.169. The second-order valence-corrected chi connectivity index (χ2v) is 6.58. The molecule has 2 heterocycles. The minimum Gasteiger partial charge on any atom is -0.373 e. The summed E-state index contributed by atoms with van der Waals surface area (Å²) in [5.74, 6) is 0. The maximum absolute atomic E-state index is 6.19. The third-order valence-electron chi connectivity index (χ3n) is 4.94. The van der Waals surface area contributed by atoms with E-state index in [0.29, 0.717) is 6.04 Å². The minimum atomic E-state index is 0.169. The Morgan fingerprint density at radius 3 is 2.50 bits per heavy atom. The molecule has 3 heteroatoms. The molecule has 3 nitrogen and oxygen atoms in total. The van der Waals surface area contributed by atoms with Crippen molar-refractivity contribution in [1.82, 2.24) is 9.80 Å². The number of likely N-dealkylation sites (N-methyl/N-ethyl adjacent to an activating group) is 1. The largest absolute Gasteiger partial charge is 0.373 e. The molecule has 0 amide bonds. The molecule has 0 radical (unpaired) electrons. The quantitative estimate of drug-likeness (QED) is 0.841. The van der Waals surface area contributed by atoms with Crippen molar-refractivity contribution in [3.63, 3.8) is 0 Å². The van der Waals surface area contributed by atoms with Crippen LogP contribution in [-0.2, 0) is 11.3 Å². The van der Waals surface area contributed by atoms with Gasteiger partial charge in [0.15, 0.2) is 0 Å². The van der Waals surface area contributed by atoms with Gasteiger partial charge in [0.25, 0.3) is 0 Å². The fourth-order valence-electron chi connectivity index (χ4n) is 3.46. The first-order valence-electron chi connectivity index (χ1n) is 7.74. The molecule has 110 valence electrons. The average Bonchev–Trinajstić information content (AvgIpc) is 2.87. The highest BCUT2D eigenvalue weighted by molar-refractivity contribution is 5.14. The highest BCUT2D eigenvalue weighted by Gasteiger charge is 2.43. The molecule has 2 fully saturated rings. The molecule has 1 atom stereocenters. The molecule has 2 saturated heterocycles. The Morgan fingerprint density at radius 1 is 1.20 bits per heavy atom. The first kappa shape index (κ1) is 14.1. The Kier molecular flexibility index (Phi) is 4.11. The van der Waals surface area contributed by atoms with Gasteiger partial charge in [0, 0.05) is 25.7 Å². The van der Waals surface area contributed by atoms with Crippen LogP contribution in [-0.4, -0.2) is 55.2 Å². The van der Waals surface area contributed by atoms with Gasteiger partial charge in [-0.1, -0.05) is 30.3 Å². The van der Waals surface area contributed by atoms with Crippen LogP contribution in [0.15, 0.2) is 30.3 Å². The molecule has 1 aromatic carbocycles. The van der Waals surface area contributed by atoms with Gasteiger partial charge in [-0.15, -0.1) is 0 Å². The van der Waals surface area contributed by atoms with Crippen molar-refractivity contribution in [1.29, 1.82) is 0 Å². The number of piperidine rings is 1. The lowest BCUT2D eigenvalue weighted by Crippen LogP contribution is -2.44. The Morgan fingerprint density at radius 2 is 1.90 bits per heavy atom. The van der Waals surface area contributed by atoms with E-state index >= 15 is 0 Å². The normalized spacial score (nSPS) is 26.4. The molecule has 0 aliphatic carbocycles. The highest BCUT2D eigenvalue weighted by Crippen LogP contribution is 2.37. The SMILES string of the molecule is CN(C)C1COC2(CCN(Cc3ccccc3)CC2)C1. The highest BCUT2D eigenvalue weighted by atomic mass is 16.5. The summed E-state index contributed by atoms with van der Waals surface area (Å²) in [5, 5.41) is 0. The third-order valence-corrected chi connectivity index (χ3v) is 4.94. The average molecular weight is 274 g/mol. The number of nitrogens with zero attached hydrogens (tertiary/aromatic N) is 2. The molecule has 2 aliphatic heterocycles. The van der Waals surface area contributed by atoms with Crippen LogP contribution in [0.5, 0.6) is 0 Å². The lowest BCUT2D eigenvalue weighted by atomic mass is 9.87. The predicted molar refractivity (Wildman–Crippen MR) is 81.7 cm³/mol. The van der Waals surface area contributed by atoms with Gasteiger partial charge >= 0.3 is 0 Å². The fraction of sp³-hybridized carbons (Fsp3) is 0.647. The van der Waals surface area contributed by atoms with E-state index in [1.54, 1.807) is 0 Å². The zero-order chi connectivity index (χ0) is 14.0. The molecule has 0 bridgehead atoms. The van der Waals surface area contributed by atoms with Gasteiger partial charge in [-0.2, -0.15) is 0 Å². The van der Waals surface area contributed by atoms with Crippen molar-refractivity contribution in [2.24, 2.45) is 0 Å². The zero-order valence-electron chi connectivity index (χ0n) is 12.7. The standard InChI is InChI=1S/C17H26N2O/c1-18(2)16-12-17(20-14-16)8-10-19(11-9-17)13-15-6-4-3-5-7-15/h3-7,16H,8-14H2,1-2H3. The lowest BCUT2D eigenvalue weighted by molar-refractivity contribution is -0.0451. The lowest BCUT2D eigenvalue weighted by Gasteiger charge is -2.39. The van der Waals surface area contributed by atoms with Crippen molar-refractivity contribution < 1.29 is 4.74 Å². The second-order valence-electron chi connectivity index (χ2n) is 6.58. The molecule has 0 N–H and O–H groups in total. The van der Waals surface area contributed by atoms with E-state index in [1.807, 2.05) is 0 Å². The van der Waals surface area contributed by atoms with Gasteiger partial charge < -0.3 is 9.64 Å². The van der Waals surface area contributed by atoms with Crippen molar-refractivity contribution in [2.45, 2.75) is 37.5 Å². The van der Waals surface area contributed by atoms with Gasteiger partial charge in [-0.25, -0.2) is 0 Å². The van der Waals surface area contributed by atoms with Crippen molar-refractivity contribution in [2.75, 3.05) is 33.8 Å². The third kappa shape index (κ3) is 3.05.